The summed E-state index contributed by atoms with van der Waals surface area (Å²) in [6, 6.07) is 19.4. The van der Waals surface area contributed by atoms with E-state index in [-0.39, 0.29) is 18.6 Å². The van der Waals surface area contributed by atoms with Crippen LogP contribution in [0.25, 0.3) is 10.8 Å². The predicted molar refractivity (Wildman–Crippen MR) is 110 cm³/mol. The van der Waals surface area contributed by atoms with Gasteiger partial charge in [-0.1, -0.05) is 43.3 Å². The lowest BCUT2D eigenvalue weighted by Gasteiger charge is -2.19. The van der Waals surface area contributed by atoms with Crippen molar-refractivity contribution in [1.29, 1.82) is 0 Å². The van der Waals surface area contributed by atoms with E-state index in [1.54, 1.807) is 14.2 Å². The first-order chi connectivity index (χ1) is 13.6. The number of carbonyl (C=O) groups is 1. The van der Waals surface area contributed by atoms with Crippen LogP contribution >= 0.6 is 0 Å². The molecule has 0 saturated carbocycles. The van der Waals surface area contributed by atoms with Crippen LogP contribution < -0.4 is 19.5 Å². The molecule has 1 atom stereocenters. The molecule has 5 nitrogen and oxygen atoms in total. The van der Waals surface area contributed by atoms with Gasteiger partial charge in [0, 0.05) is 0 Å². The molecule has 0 spiro atoms. The van der Waals surface area contributed by atoms with Gasteiger partial charge in [0.05, 0.1) is 20.3 Å². The van der Waals surface area contributed by atoms with E-state index in [9.17, 15) is 4.79 Å². The maximum Gasteiger partial charge on any atom is 0.258 e. The van der Waals surface area contributed by atoms with Crippen molar-refractivity contribution in [2.75, 3.05) is 20.8 Å². The van der Waals surface area contributed by atoms with E-state index in [1.165, 1.54) is 0 Å². The Morgan fingerprint density at radius 2 is 1.68 bits per heavy atom. The van der Waals surface area contributed by atoms with E-state index in [4.69, 9.17) is 14.2 Å². The molecule has 146 valence electrons. The Hall–Kier alpha value is -3.21. The van der Waals surface area contributed by atoms with Gasteiger partial charge in [-0.05, 0) is 47.0 Å². The van der Waals surface area contributed by atoms with Gasteiger partial charge in [0.1, 0.15) is 5.75 Å². The van der Waals surface area contributed by atoms with E-state index in [2.05, 4.69) is 5.32 Å². The number of amides is 1. The normalized spacial score (nSPS) is 11.7. The van der Waals surface area contributed by atoms with Crippen LogP contribution in [0.3, 0.4) is 0 Å². The molecule has 1 N–H and O–H groups in total. The molecule has 3 rings (SSSR count). The molecule has 0 bridgehead atoms. The smallest absolute Gasteiger partial charge is 0.258 e. The summed E-state index contributed by atoms with van der Waals surface area (Å²) in [5.41, 5.74) is 0.958. The van der Waals surface area contributed by atoms with Gasteiger partial charge in [-0.3, -0.25) is 4.79 Å². The molecule has 3 aromatic rings. The SMILES string of the molecule is CC[C@@H](NC(=O)COc1ccc2ccccc2c1)c1ccc(OC)c(OC)c1. The highest BCUT2D eigenvalue weighted by molar-refractivity contribution is 5.84. The number of benzene rings is 3. The van der Waals surface area contributed by atoms with Gasteiger partial charge in [-0.25, -0.2) is 0 Å². The minimum absolute atomic E-state index is 0.0396. The zero-order valence-electron chi connectivity index (χ0n) is 16.4. The van der Waals surface area contributed by atoms with Crippen LogP contribution in [0.15, 0.2) is 60.7 Å². The molecule has 0 saturated heterocycles. The number of hydrogen-bond acceptors (Lipinski definition) is 4. The van der Waals surface area contributed by atoms with Gasteiger partial charge in [0.15, 0.2) is 18.1 Å². The lowest BCUT2D eigenvalue weighted by atomic mass is 10.0. The van der Waals surface area contributed by atoms with Crippen LogP contribution in [0.5, 0.6) is 17.2 Å². The van der Waals surface area contributed by atoms with Crippen molar-refractivity contribution in [3.05, 3.63) is 66.2 Å². The fourth-order valence-electron chi connectivity index (χ4n) is 3.13. The first-order valence-corrected chi connectivity index (χ1v) is 9.27. The Labute approximate surface area is 165 Å². The number of nitrogens with one attached hydrogen (secondary N) is 1. The van der Waals surface area contributed by atoms with Crippen molar-refractivity contribution in [3.63, 3.8) is 0 Å². The number of rotatable bonds is 8. The largest absolute Gasteiger partial charge is 0.493 e. The molecule has 1 amide bonds. The van der Waals surface area contributed by atoms with Crippen LogP contribution in [0, 0.1) is 0 Å². The average molecular weight is 379 g/mol. The van der Waals surface area contributed by atoms with Crippen molar-refractivity contribution in [3.8, 4) is 17.2 Å². The number of ether oxygens (including phenoxy) is 3. The summed E-state index contributed by atoms with van der Waals surface area (Å²) in [5, 5.41) is 5.24. The van der Waals surface area contributed by atoms with Gasteiger partial charge in [0.25, 0.3) is 5.91 Å². The maximum absolute atomic E-state index is 12.4. The highest BCUT2D eigenvalue weighted by Crippen LogP contribution is 2.30. The maximum atomic E-state index is 12.4. The summed E-state index contributed by atoms with van der Waals surface area (Å²) in [6.07, 6.45) is 0.747. The van der Waals surface area contributed by atoms with Crippen molar-refractivity contribution >= 4 is 16.7 Å². The average Bonchev–Trinajstić information content (AvgIpc) is 2.75. The summed E-state index contributed by atoms with van der Waals surface area (Å²) in [4.78, 5) is 12.4. The van der Waals surface area contributed by atoms with Crippen LogP contribution in [0.1, 0.15) is 24.9 Å². The summed E-state index contributed by atoms with van der Waals surface area (Å²) < 4.78 is 16.3. The van der Waals surface area contributed by atoms with E-state index in [1.807, 2.05) is 67.6 Å². The Morgan fingerprint density at radius 1 is 0.929 bits per heavy atom. The van der Waals surface area contributed by atoms with Gasteiger partial charge in [0.2, 0.25) is 0 Å². The lowest BCUT2D eigenvalue weighted by molar-refractivity contribution is -0.123. The molecule has 0 aliphatic rings. The second-order valence-corrected chi connectivity index (χ2v) is 6.44. The Bertz CT molecular complexity index is 954. The fraction of sp³-hybridized carbons (Fsp3) is 0.261. The Kier molecular flexibility index (Phi) is 6.37. The molecule has 0 aliphatic carbocycles. The monoisotopic (exact) mass is 379 g/mol. The van der Waals surface area contributed by atoms with Crippen LogP contribution in [-0.4, -0.2) is 26.7 Å². The van der Waals surface area contributed by atoms with Gasteiger partial charge < -0.3 is 19.5 Å². The molecule has 0 aromatic heterocycles. The summed E-state index contributed by atoms with van der Waals surface area (Å²) in [6.45, 7) is 1.98. The molecule has 0 heterocycles. The van der Waals surface area contributed by atoms with Crippen LogP contribution in [-0.2, 0) is 4.79 Å². The molecular formula is C23H25NO4. The standard InChI is InChI=1S/C23H25NO4/c1-4-20(18-10-12-21(26-2)22(14-18)27-3)24-23(25)15-28-19-11-9-16-7-5-6-8-17(16)13-19/h5-14,20H,4,15H2,1-3H3,(H,24,25)/t20-/m1/s1. The van der Waals surface area contributed by atoms with Crippen molar-refractivity contribution in [1.82, 2.24) is 5.32 Å². The number of fused-ring (bicyclic) bond motifs is 1. The Balaban J connectivity index is 1.63. The molecule has 0 fully saturated rings. The minimum Gasteiger partial charge on any atom is -0.493 e. The highest BCUT2D eigenvalue weighted by Gasteiger charge is 2.15. The molecule has 0 aliphatic heterocycles. The second kappa shape index (κ2) is 9.13. The van der Waals surface area contributed by atoms with Crippen molar-refractivity contribution in [2.24, 2.45) is 0 Å². The molecular weight excluding hydrogens is 354 g/mol. The van der Waals surface area contributed by atoms with E-state index >= 15 is 0 Å². The molecule has 28 heavy (non-hydrogen) atoms. The summed E-state index contributed by atoms with van der Waals surface area (Å²) in [5.74, 6) is 1.80. The zero-order chi connectivity index (χ0) is 19.9. The Morgan fingerprint density at radius 3 is 2.39 bits per heavy atom. The van der Waals surface area contributed by atoms with Crippen LogP contribution in [0.2, 0.25) is 0 Å². The minimum atomic E-state index is -0.171. The number of methoxy groups -OCH3 is 2. The second-order valence-electron chi connectivity index (χ2n) is 6.44. The predicted octanol–water partition coefficient (Wildman–Crippen LogP) is 4.50. The third-order valence-electron chi connectivity index (χ3n) is 4.64. The van der Waals surface area contributed by atoms with Gasteiger partial charge >= 0.3 is 0 Å². The summed E-state index contributed by atoms with van der Waals surface area (Å²) >= 11 is 0. The van der Waals surface area contributed by atoms with E-state index in [0.29, 0.717) is 17.2 Å². The summed E-state index contributed by atoms with van der Waals surface area (Å²) in [7, 11) is 3.19. The molecule has 3 aromatic carbocycles. The highest BCUT2D eigenvalue weighted by atomic mass is 16.5. The lowest BCUT2D eigenvalue weighted by Crippen LogP contribution is -2.32. The number of hydrogen-bond donors (Lipinski definition) is 1. The molecule has 0 unspecified atom stereocenters. The van der Waals surface area contributed by atoms with Gasteiger partial charge in [-0.15, -0.1) is 0 Å². The fourth-order valence-corrected chi connectivity index (χ4v) is 3.13. The zero-order valence-corrected chi connectivity index (χ0v) is 16.4. The van der Waals surface area contributed by atoms with Crippen molar-refractivity contribution < 1.29 is 19.0 Å². The van der Waals surface area contributed by atoms with Crippen LogP contribution in [0.4, 0.5) is 0 Å². The first kappa shape index (κ1) is 19.5. The third kappa shape index (κ3) is 4.55. The van der Waals surface area contributed by atoms with E-state index in [0.717, 1.165) is 22.8 Å². The van der Waals surface area contributed by atoms with Crippen molar-refractivity contribution in [2.45, 2.75) is 19.4 Å². The first-order valence-electron chi connectivity index (χ1n) is 9.27. The topological polar surface area (TPSA) is 56.8 Å². The molecule has 0 radical (unpaired) electrons. The third-order valence-corrected chi connectivity index (χ3v) is 4.64. The van der Waals surface area contributed by atoms with E-state index < -0.39 is 0 Å². The molecule has 5 heteroatoms. The number of carbonyl (C=O) groups excluding carboxylic acids is 1. The quantitative estimate of drug-likeness (QED) is 0.626. The van der Waals surface area contributed by atoms with Gasteiger partial charge in [-0.2, -0.15) is 0 Å².